The van der Waals surface area contributed by atoms with Crippen LogP contribution in [-0.2, 0) is 6.18 Å². The van der Waals surface area contributed by atoms with Crippen molar-refractivity contribution in [3.8, 4) is 0 Å². The van der Waals surface area contributed by atoms with Gasteiger partial charge in [0.05, 0.1) is 18.2 Å². The molecule has 3 nitrogen and oxygen atoms in total. The molecule has 0 spiro atoms. The Bertz CT molecular complexity index is 458. The molecule has 1 fully saturated rings. The van der Waals surface area contributed by atoms with Gasteiger partial charge in [-0.1, -0.05) is 0 Å². The van der Waals surface area contributed by atoms with Crippen LogP contribution >= 0.6 is 0 Å². The highest BCUT2D eigenvalue weighted by atomic mass is 19.4. The largest absolute Gasteiger partial charge is 0.416 e. The minimum atomic E-state index is -4.60. The standard InChI is InChI=1S/C13H16F4N2O/c14-11-6-9(5-10(7-11)13(15,16)17)12(8-20)19-3-1-18-2-4-19/h5-7,12,18,20H,1-4,8H2/t12-/m1/s1. The molecular formula is C13H16F4N2O. The third-order valence-electron chi connectivity index (χ3n) is 3.40. The van der Waals surface area contributed by atoms with E-state index in [0.29, 0.717) is 32.2 Å². The van der Waals surface area contributed by atoms with Crippen LogP contribution in [0.25, 0.3) is 0 Å². The van der Waals surface area contributed by atoms with Gasteiger partial charge in [-0.25, -0.2) is 4.39 Å². The van der Waals surface area contributed by atoms with Gasteiger partial charge in [-0.15, -0.1) is 0 Å². The molecule has 0 bridgehead atoms. The maximum atomic E-state index is 13.4. The zero-order valence-corrected chi connectivity index (χ0v) is 10.8. The van der Waals surface area contributed by atoms with Gasteiger partial charge in [0.25, 0.3) is 0 Å². The molecule has 0 saturated carbocycles. The highest BCUT2D eigenvalue weighted by molar-refractivity contribution is 5.29. The summed E-state index contributed by atoms with van der Waals surface area (Å²) in [6.45, 7) is 2.24. The molecule has 1 atom stereocenters. The SMILES string of the molecule is OC[C@H](c1cc(F)cc(C(F)(F)F)c1)N1CCNCC1. The Kier molecular flexibility index (Phi) is 4.62. The molecule has 7 heteroatoms. The van der Waals surface area contributed by atoms with Gasteiger partial charge in [-0.2, -0.15) is 13.2 Å². The van der Waals surface area contributed by atoms with Gasteiger partial charge >= 0.3 is 6.18 Å². The first-order valence-corrected chi connectivity index (χ1v) is 6.35. The lowest BCUT2D eigenvalue weighted by atomic mass is 10.0. The Balaban J connectivity index is 2.31. The number of alkyl halides is 3. The second-order valence-corrected chi connectivity index (χ2v) is 4.76. The Labute approximate surface area is 114 Å². The van der Waals surface area contributed by atoms with Gasteiger partial charge in [-0.3, -0.25) is 4.90 Å². The first kappa shape index (κ1) is 15.2. The van der Waals surface area contributed by atoms with Gasteiger partial charge in [0.2, 0.25) is 0 Å². The fourth-order valence-electron chi connectivity index (χ4n) is 2.39. The Morgan fingerprint density at radius 2 is 1.85 bits per heavy atom. The van der Waals surface area contributed by atoms with E-state index in [1.807, 2.05) is 4.90 Å². The number of rotatable bonds is 3. The number of hydrogen-bond donors (Lipinski definition) is 2. The molecule has 0 aromatic heterocycles. The Hall–Kier alpha value is -1.18. The zero-order chi connectivity index (χ0) is 14.8. The summed E-state index contributed by atoms with van der Waals surface area (Å²) >= 11 is 0. The van der Waals surface area contributed by atoms with Crippen molar-refractivity contribution >= 4 is 0 Å². The van der Waals surface area contributed by atoms with E-state index < -0.39 is 23.6 Å². The van der Waals surface area contributed by atoms with E-state index in [9.17, 15) is 22.7 Å². The highest BCUT2D eigenvalue weighted by Crippen LogP contribution is 2.32. The molecule has 1 aliphatic heterocycles. The summed E-state index contributed by atoms with van der Waals surface area (Å²) in [5.41, 5.74) is -0.872. The van der Waals surface area contributed by atoms with Gasteiger partial charge in [0.15, 0.2) is 0 Å². The molecule has 1 aromatic rings. The summed E-state index contributed by atoms with van der Waals surface area (Å²) in [5.74, 6) is -0.941. The van der Waals surface area contributed by atoms with E-state index in [2.05, 4.69) is 5.32 Å². The molecule has 2 N–H and O–H groups in total. The van der Waals surface area contributed by atoms with Crippen LogP contribution in [0, 0.1) is 5.82 Å². The van der Waals surface area contributed by atoms with Crippen molar-refractivity contribution in [2.24, 2.45) is 0 Å². The number of benzene rings is 1. The lowest BCUT2D eigenvalue weighted by Crippen LogP contribution is -2.46. The number of nitrogens with one attached hydrogen (secondary N) is 1. The summed E-state index contributed by atoms with van der Waals surface area (Å²) in [4.78, 5) is 1.85. The summed E-state index contributed by atoms with van der Waals surface area (Å²) in [7, 11) is 0. The van der Waals surface area contributed by atoms with Crippen LogP contribution in [0.3, 0.4) is 0 Å². The summed E-state index contributed by atoms with van der Waals surface area (Å²) < 4.78 is 51.5. The minimum Gasteiger partial charge on any atom is -0.394 e. The first-order chi connectivity index (χ1) is 9.41. The average Bonchev–Trinajstić information content (AvgIpc) is 2.39. The van der Waals surface area contributed by atoms with E-state index in [1.165, 1.54) is 0 Å². The predicted molar refractivity (Wildman–Crippen MR) is 65.7 cm³/mol. The molecule has 0 amide bonds. The molecule has 1 heterocycles. The zero-order valence-electron chi connectivity index (χ0n) is 10.8. The third-order valence-corrected chi connectivity index (χ3v) is 3.40. The smallest absolute Gasteiger partial charge is 0.394 e. The van der Waals surface area contributed by atoms with Crippen molar-refractivity contribution in [2.75, 3.05) is 32.8 Å². The van der Waals surface area contributed by atoms with Crippen molar-refractivity contribution in [1.82, 2.24) is 10.2 Å². The topological polar surface area (TPSA) is 35.5 Å². The molecule has 0 aliphatic carbocycles. The molecule has 0 unspecified atom stereocenters. The molecule has 2 rings (SSSR count). The Morgan fingerprint density at radius 3 is 2.40 bits per heavy atom. The molecule has 1 aliphatic rings. The van der Waals surface area contributed by atoms with Crippen LogP contribution in [0.4, 0.5) is 17.6 Å². The quantitative estimate of drug-likeness (QED) is 0.834. The van der Waals surface area contributed by atoms with Gasteiger partial charge in [0.1, 0.15) is 5.82 Å². The molecule has 1 saturated heterocycles. The summed E-state index contributed by atoms with van der Waals surface area (Å²) in [6.07, 6.45) is -4.60. The maximum absolute atomic E-state index is 13.4. The number of aliphatic hydroxyl groups excluding tert-OH is 1. The van der Waals surface area contributed by atoms with Gasteiger partial charge < -0.3 is 10.4 Å². The fourth-order valence-corrected chi connectivity index (χ4v) is 2.39. The number of halogens is 4. The number of piperazine rings is 1. The van der Waals surface area contributed by atoms with E-state index in [4.69, 9.17) is 0 Å². The van der Waals surface area contributed by atoms with Crippen LogP contribution in [0.1, 0.15) is 17.2 Å². The van der Waals surface area contributed by atoms with Gasteiger partial charge in [0, 0.05) is 26.2 Å². The molecular weight excluding hydrogens is 276 g/mol. The van der Waals surface area contributed by atoms with E-state index >= 15 is 0 Å². The van der Waals surface area contributed by atoms with E-state index in [1.54, 1.807) is 0 Å². The second-order valence-electron chi connectivity index (χ2n) is 4.76. The van der Waals surface area contributed by atoms with Crippen molar-refractivity contribution < 1.29 is 22.7 Å². The Morgan fingerprint density at radius 1 is 1.20 bits per heavy atom. The minimum absolute atomic E-state index is 0.154. The molecule has 1 aromatic carbocycles. The number of aliphatic hydroxyl groups is 1. The monoisotopic (exact) mass is 292 g/mol. The van der Waals surface area contributed by atoms with Crippen molar-refractivity contribution in [3.63, 3.8) is 0 Å². The molecule has 20 heavy (non-hydrogen) atoms. The highest BCUT2D eigenvalue weighted by Gasteiger charge is 2.32. The number of hydrogen-bond acceptors (Lipinski definition) is 3. The lowest BCUT2D eigenvalue weighted by Gasteiger charge is -2.34. The van der Waals surface area contributed by atoms with Crippen LogP contribution < -0.4 is 5.32 Å². The van der Waals surface area contributed by atoms with Crippen LogP contribution in [0.5, 0.6) is 0 Å². The molecule has 112 valence electrons. The predicted octanol–water partition coefficient (Wildman–Crippen LogP) is 1.78. The van der Waals surface area contributed by atoms with E-state index in [-0.39, 0.29) is 12.2 Å². The molecule has 0 radical (unpaired) electrons. The lowest BCUT2D eigenvalue weighted by molar-refractivity contribution is -0.137. The van der Waals surface area contributed by atoms with Gasteiger partial charge in [-0.05, 0) is 23.8 Å². The maximum Gasteiger partial charge on any atom is 0.416 e. The van der Waals surface area contributed by atoms with Crippen molar-refractivity contribution in [3.05, 3.63) is 35.1 Å². The second kappa shape index (κ2) is 6.07. The van der Waals surface area contributed by atoms with Crippen LogP contribution in [0.2, 0.25) is 0 Å². The summed E-state index contributed by atoms with van der Waals surface area (Å²) in [5, 5.41) is 12.6. The normalized spacial score (nSPS) is 19.1. The summed E-state index contributed by atoms with van der Waals surface area (Å²) in [6, 6.07) is 1.81. The van der Waals surface area contributed by atoms with Crippen LogP contribution in [-0.4, -0.2) is 42.8 Å². The van der Waals surface area contributed by atoms with E-state index in [0.717, 1.165) is 12.1 Å². The van der Waals surface area contributed by atoms with Crippen LogP contribution in [0.15, 0.2) is 18.2 Å². The number of nitrogens with zero attached hydrogens (tertiary/aromatic N) is 1. The van der Waals surface area contributed by atoms with Crippen molar-refractivity contribution in [1.29, 1.82) is 0 Å². The fraction of sp³-hybridized carbons (Fsp3) is 0.538. The average molecular weight is 292 g/mol. The third kappa shape index (κ3) is 3.47. The first-order valence-electron chi connectivity index (χ1n) is 6.35. The van der Waals surface area contributed by atoms with Crippen molar-refractivity contribution in [2.45, 2.75) is 12.2 Å².